The third-order valence-electron chi connectivity index (χ3n) is 3.04. The van der Waals surface area contributed by atoms with Crippen LogP contribution in [0.25, 0.3) is 0 Å². The molecule has 3 heteroatoms. The molecule has 1 heterocycles. The van der Waals surface area contributed by atoms with Gasteiger partial charge in [-0.1, -0.05) is 19.4 Å². The van der Waals surface area contributed by atoms with Gasteiger partial charge >= 0.3 is 0 Å². The number of aromatic nitrogens is 1. The first kappa shape index (κ1) is 13.7. The monoisotopic (exact) mass is 235 g/mol. The van der Waals surface area contributed by atoms with Crippen molar-refractivity contribution in [3.05, 3.63) is 30.6 Å². The van der Waals surface area contributed by atoms with E-state index in [-0.39, 0.29) is 11.8 Å². The summed E-state index contributed by atoms with van der Waals surface area (Å²) in [6, 6.07) is 6.08. The minimum absolute atomic E-state index is 0.0702. The molecule has 17 heavy (non-hydrogen) atoms. The Kier molecular flexibility index (Phi) is 6.30. The molecule has 1 rings (SSSR count). The summed E-state index contributed by atoms with van der Waals surface area (Å²) >= 11 is 0. The molecular weight excluding hydrogens is 212 g/mol. The lowest BCUT2D eigenvalue weighted by molar-refractivity contribution is -0.697. The Morgan fingerprint density at radius 1 is 1.18 bits per heavy atom. The van der Waals surface area contributed by atoms with Crippen molar-refractivity contribution in [2.45, 2.75) is 45.6 Å². The third kappa shape index (κ3) is 5.48. The predicted octanol–water partition coefficient (Wildman–Crippen LogP) is 2.05. The Morgan fingerprint density at radius 2 is 1.88 bits per heavy atom. The van der Waals surface area contributed by atoms with Gasteiger partial charge in [-0.3, -0.25) is 4.79 Å². The molecule has 1 atom stereocenters. The standard InChI is InChI=1S/C14H22N2O/c1-2-8-13(14(15)17)9-4-7-12-16-10-5-3-6-11-16/h3,5-6,10-11,13H,2,4,7-9,12H2,1H3,(H-,15,17)/p+1. The van der Waals surface area contributed by atoms with Gasteiger partial charge in [-0.2, -0.15) is 0 Å². The molecule has 94 valence electrons. The van der Waals surface area contributed by atoms with Crippen LogP contribution in [0.2, 0.25) is 0 Å². The Bertz CT molecular complexity index is 324. The summed E-state index contributed by atoms with van der Waals surface area (Å²) in [5.41, 5.74) is 5.37. The molecule has 1 unspecified atom stereocenters. The van der Waals surface area contributed by atoms with Gasteiger partial charge in [-0.15, -0.1) is 0 Å². The van der Waals surface area contributed by atoms with E-state index in [1.54, 1.807) is 0 Å². The molecular formula is C14H23N2O+. The maximum atomic E-state index is 11.2. The molecule has 0 bridgehead atoms. The lowest BCUT2D eigenvalue weighted by Crippen LogP contribution is -2.32. The predicted molar refractivity (Wildman–Crippen MR) is 68.1 cm³/mol. The van der Waals surface area contributed by atoms with Crippen molar-refractivity contribution < 1.29 is 9.36 Å². The second-order valence-corrected chi connectivity index (χ2v) is 4.50. The Labute approximate surface area is 104 Å². The average molecular weight is 235 g/mol. The van der Waals surface area contributed by atoms with E-state index < -0.39 is 0 Å². The normalized spacial score (nSPS) is 12.3. The number of hydrogen-bond donors (Lipinski definition) is 1. The maximum absolute atomic E-state index is 11.2. The minimum atomic E-state index is -0.140. The molecule has 0 aliphatic carbocycles. The van der Waals surface area contributed by atoms with Crippen LogP contribution < -0.4 is 10.3 Å². The van der Waals surface area contributed by atoms with Crippen molar-refractivity contribution in [2.75, 3.05) is 0 Å². The van der Waals surface area contributed by atoms with Gasteiger partial charge in [-0.05, 0) is 19.3 Å². The van der Waals surface area contributed by atoms with Gasteiger partial charge in [0, 0.05) is 24.5 Å². The van der Waals surface area contributed by atoms with Crippen LogP contribution in [0.3, 0.4) is 0 Å². The number of amides is 1. The number of rotatable bonds is 8. The Hall–Kier alpha value is -1.38. The highest BCUT2D eigenvalue weighted by molar-refractivity contribution is 5.76. The fraction of sp³-hybridized carbons (Fsp3) is 0.571. The zero-order valence-corrected chi connectivity index (χ0v) is 10.6. The quantitative estimate of drug-likeness (QED) is 0.544. The van der Waals surface area contributed by atoms with Crippen molar-refractivity contribution in [1.29, 1.82) is 0 Å². The summed E-state index contributed by atoms with van der Waals surface area (Å²) < 4.78 is 2.17. The number of unbranched alkanes of at least 4 members (excludes halogenated alkanes) is 1. The summed E-state index contributed by atoms with van der Waals surface area (Å²) in [7, 11) is 0. The van der Waals surface area contributed by atoms with Crippen LogP contribution >= 0.6 is 0 Å². The zero-order chi connectivity index (χ0) is 12.5. The van der Waals surface area contributed by atoms with E-state index in [0.29, 0.717) is 0 Å². The number of hydrogen-bond acceptors (Lipinski definition) is 1. The highest BCUT2D eigenvalue weighted by Gasteiger charge is 2.13. The first-order chi connectivity index (χ1) is 8.24. The molecule has 1 amide bonds. The van der Waals surface area contributed by atoms with Crippen LogP contribution in [-0.4, -0.2) is 5.91 Å². The van der Waals surface area contributed by atoms with Gasteiger partial charge in [-0.25, -0.2) is 4.57 Å². The average Bonchev–Trinajstić information content (AvgIpc) is 2.34. The molecule has 0 spiro atoms. The van der Waals surface area contributed by atoms with E-state index in [2.05, 4.69) is 23.9 Å². The third-order valence-corrected chi connectivity index (χ3v) is 3.04. The lowest BCUT2D eigenvalue weighted by Gasteiger charge is -2.10. The smallest absolute Gasteiger partial charge is 0.220 e. The molecule has 2 N–H and O–H groups in total. The van der Waals surface area contributed by atoms with Crippen LogP contribution in [-0.2, 0) is 11.3 Å². The number of aryl methyl sites for hydroxylation is 1. The zero-order valence-electron chi connectivity index (χ0n) is 10.6. The van der Waals surface area contributed by atoms with Gasteiger partial charge in [0.15, 0.2) is 12.4 Å². The highest BCUT2D eigenvalue weighted by atomic mass is 16.1. The number of carbonyl (C=O) groups excluding carboxylic acids is 1. The summed E-state index contributed by atoms with van der Waals surface area (Å²) in [5.74, 6) is -0.0695. The lowest BCUT2D eigenvalue weighted by atomic mass is 9.96. The van der Waals surface area contributed by atoms with Gasteiger partial charge in [0.1, 0.15) is 6.54 Å². The van der Waals surface area contributed by atoms with Crippen molar-refractivity contribution >= 4 is 5.91 Å². The molecule has 3 nitrogen and oxygen atoms in total. The number of pyridine rings is 1. The van der Waals surface area contributed by atoms with Crippen molar-refractivity contribution in [2.24, 2.45) is 11.7 Å². The van der Waals surface area contributed by atoms with E-state index >= 15 is 0 Å². The van der Waals surface area contributed by atoms with Crippen LogP contribution in [0.5, 0.6) is 0 Å². The molecule has 0 radical (unpaired) electrons. The summed E-state index contributed by atoms with van der Waals surface area (Å²) in [4.78, 5) is 11.2. The Balaban J connectivity index is 2.20. The molecule has 1 aromatic heterocycles. The summed E-state index contributed by atoms with van der Waals surface area (Å²) in [6.45, 7) is 3.11. The van der Waals surface area contributed by atoms with Crippen LogP contribution in [0.4, 0.5) is 0 Å². The topological polar surface area (TPSA) is 47.0 Å². The largest absolute Gasteiger partial charge is 0.369 e. The van der Waals surface area contributed by atoms with Crippen molar-refractivity contribution in [3.63, 3.8) is 0 Å². The summed E-state index contributed by atoms with van der Waals surface area (Å²) in [5, 5.41) is 0. The molecule has 1 aromatic rings. The van der Waals surface area contributed by atoms with Gasteiger partial charge in [0.2, 0.25) is 5.91 Å². The van der Waals surface area contributed by atoms with Crippen molar-refractivity contribution in [3.8, 4) is 0 Å². The Morgan fingerprint density at radius 3 is 2.47 bits per heavy atom. The van der Waals surface area contributed by atoms with Crippen LogP contribution in [0.15, 0.2) is 30.6 Å². The van der Waals surface area contributed by atoms with Gasteiger partial charge in [0.05, 0.1) is 0 Å². The number of nitrogens with two attached hydrogens (primary N) is 1. The van der Waals surface area contributed by atoms with E-state index in [4.69, 9.17) is 5.73 Å². The van der Waals surface area contributed by atoms with Crippen molar-refractivity contribution in [1.82, 2.24) is 0 Å². The van der Waals surface area contributed by atoms with E-state index in [1.165, 1.54) is 0 Å². The SMILES string of the molecule is CCCC(CCCC[n+]1ccccc1)C(N)=O. The first-order valence-electron chi connectivity index (χ1n) is 6.47. The molecule has 0 fully saturated rings. The second-order valence-electron chi connectivity index (χ2n) is 4.50. The van der Waals surface area contributed by atoms with E-state index in [0.717, 1.165) is 38.6 Å². The first-order valence-corrected chi connectivity index (χ1v) is 6.47. The van der Waals surface area contributed by atoms with E-state index in [1.807, 2.05) is 18.2 Å². The minimum Gasteiger partial charge on any atom is -0.369 e. The fourth-order valence-electron chi connectivity index (χ4n) is 2.05. The van der Waals surface area contributed by atoms with Crippen LogP contribution in [0.1, 0.15) is 39.0 Å². The molecule has 0 aliphatic heterocycles. The maximum Gasteiger partial charge on any atom is 0.220 e. The van der Waals surface area contributed by atoms with Gasteiger partial charge in [0.25, 0.3) is 0 Å². The number of carbonyl (C=O) groups is 1. The fourth-order valence-corrected chi connectivity index (χ4v) is 2.05. The molecule has 0 aliphatic rings. The highest BCUT2D eigenvalue weighted by Crippen LogP contribution is 2.14. The molecule has 0 aromatic carbocycles. The molecule has 0 saturated heterocycles. The van der Waals surface area contributed by atoms with E-state index in [9.17, 15) is 4.79 Å². The van der Waals surface area contributed by atoms with Gasteiger partial charge < -0.3 is 5.73 Å². The van der Waals surface area contributed by atoms with Crippen LogP contribution in [0, 0.1) is 5.92 Å². The summed E-state index contributed by atoms with van der Waals surface area (Å²) in [6.07, 6.45) is 9.18. The number of primary amides is 1. The second kappa shape index (κ2) is 7.82. The molecule has 0 saturated carbocycles. The number of nitrogens with zero attached hydrogens (tertiary/aromatic N) is 1.